The first kappa shape index (κ1) is 21.4. The van der Waals surface area contributed by atoms with Gasteiger partial charge in [0.05, 0.1) is 7.11 Å². The van der Waals surface area contributed by atoms with Crippen LogP contribution < -0.4 is 4.74 Å². The number of methoxy groups -OCH3 is 1. The highest BCUT2D eigenvalue weighted by molar-refractivity contribution is 5.44. The largest absolute Gasteiger partial charge is 0.497 e. The molecule has 5 atom stereocenters. The minimum Gasteiger partial charge on any atom is -0.497 e. The quantitative estimate of drug-likeness (QED) is 0.577. The van der Waals surface area contributed by atoms with Crippen molar-refractivity contribution in [1.82, 2.24) is 9.80 Å². The molecule has 6 aliphatic rings. The summed E-state index contributed by atoms with van der Waals surface area (Å²) < 4.78 is 5.80. The third-order valence-corrected chi connectivity index (χ3v) is 10.3. The van der Waals surface area contributed by atoms with E-state index in [9.17, 15) is 0 Å². The highest BCUT2D eigenvalue weighted by atomic mass is 16.5. The van der Waals surface area contributed by atoms with Crippen molar-refractivity contribution in [2.24, 2.45) is 17.8 Å². The lowest BCUT2D eigenvalue weighted by molar-refractivity contribution is 0.146. The molecule has 180 valence electrons. The molecule has 2 aromatic carbocycles. The molecule has 2 saturated carbocycles. The molecular weight excluding hydrogens is 416 g/mol. The van der Waals surface area contributed by atoms with Crippen LogP contribution in [0.3, 0.4) is 0 Å². The van der Waals surface area contributed by atoms with Crippen molar-refractivity contribution < 1.29 is 4.74 Å². The van der Waals surface area contributed by atoms with Gasteiger partial charge in [0.15, 0.2) is 0 Å². The number of benzene rings is 2. The fraction of sp³-hybridized carbons (Fsp3) is 0.613. The smallest absolute Gasteiger partial charge is 0.119 e. The molecule has 3 heterocycles. The molecule has 4 fully saturated rings. The van der Waals surface area contributed by atoms with E-state index in [1.165, 1.54) is 76.6 Å². The van der Waals surface area contributed by atoms with Crippen LogP contribution in [0, 0.1) is 17.8 Å². The number of hydrogen-bond donors (Lipinski definition) is 0. The lowest BCUT2D eigenvalue weighted by Gasteiger charge is -2.44. The van der Waals surface area contributed by atoms with Gasteiger partial charge in [0.2, 0.25) is 0 Å². The topological polar surface area (TPSA) is 15.7 Å². The maximum absolute atomic E-state index is 5.80. The first-order valence-electron chi connectivity index (χ1n) is 13.9. The van der Waals surface area contributed by atoms with Gasteiger partial charge in [-0.1, -0.05) is 36.4 Å². The van der Waals surface area contributed by atoms with Crippen LogP contribution in [0.25, 0.3) is 0 Å². The van der Waals surface area contributed by atoms with E-state index in [1.54, 1.807) is 11.1 Å². The first-order chi connectivity index (χ1) is 16.7. The predicted molar refractivity (Wildman–Crippen MR) is 137 cm³/mol. The van der Waals surface area contributed by atoms with E-state index in [-0.39, 0.29) is 0 Å². The van der Waals surface area contributed by atoms with Crippen LogP contribution in [0.4, 0.5) is 0 Å². The van der Waals surface area contributed by atoms with Gasteiger partial charge in [-0.25, -0.2) is 0 Å². The summed E-state index contributed by atoms with van der Waals surface area (Å²) in [6, 6.07) is 19.8. The number of fused-ring (bicyclic) bond motifs is 3. The third kappa shape index (κ3) is 3.54. The molecule has 3 aliphatic carbocycles. The fourth-order valence-corrected chi connectivity index (χ4v) is 8.65. The SMILES string of the molecule is COc1ccc2c(c1)C13CC[C@@H]4CN(Cc5ccccc5)C(CCC(C2)N(CC2CC2)CC1)C43. The van der Waals surface area contributed by atoms with Crippen LogP contribution in [0.5, 0.6) is 5.75 Å². The van der Waals surface area contributed by atoms with E-state index in [4.69, 9.17) is 4.74 Å². The molecule has 8 rings (SSSR count). The Labute approximate surface area is 205 Å². The van der Waals surface area contributed by atoms with E-state index < -0.39 is 0 Å². The standard InChI is InChI=1S/C31H40N2O/c1-34-27-11-9-24-17-26-10-12-29-30-25(21-33(29)20-22-5-3-2-4-6-22)13-14-31(30,28(24)18-27)15-16-32(26)19-23-7-8-23/h2-6,9,11,18,23,25-26,29-30H,7-8,10,12-17,19-21H2,1H3/t25-,26?,29?,30?,31?/m1/s1. The molecule has 3 nitrogen and oxygen atoms in total. The van der Waals surface area contributed by atoms with Crippen molar-refractivity contribution in [1.29, 1.82) is 0 Å². The van der Waals surface area contributed by atoms with Crippen molar-refractivity contribution in [3.8, 4) is 5.75 Å². The Morgan fingerprint density at radius 3 is 2.65 bits per heavy atom. The molecule has 0 aromatic heterocycles. The Bertz CT molecular complexity index is 1030. The number of likely N-dealkylation sites (tertiary alicyclic amines) is 1. The summed E-state index contributed by atoms with van der Waals surface area (Å²) in [6.07, 6.45) is 11.0. The van der Waals surface area contributed by atoms with Gasteiger partial charge >= 0.3 is 0 Å². The Morgan fingerprint density at radius 1 is 0.941 bits per heavy atom. The van der Waals surface area contributed by atoms with Gasteiger partial charge < -0.3 is 4.74 Å². The van der Waals surface area contributed by atoms with Crippen molar-refractivity contribution in [2.45, 2.75) is 75.4 Å². The molecule has 3 heteroatoms. The Balaban J connectivity index is 1.32. The maximum atomic E-state index is 5.80. The Hall–Kier alpha value is -1.84. The highest BCUT2D eigenvalue weighted by Crippen LogP contribution is 2.60. The van der Waals surface area contributed by atoms with Crippen LogP contribution in [0.1, 0.15) is 61.6 Å². The lowest BCUT2D eigenvalue weighted by Crippen LogP contribution is -2.46. The van der Waals surface area contributed by atoms with Crippen molar-refractivity contribution >= 4 is 0 Å². The molecule has 2 aromatic rings. The second-order valence-corrected chi connectivity index (χ2v) is 12.1. The van der Waals surface area contributed by atoms with Crippen LogP contribution >= 0.6 is 0 Å². The van der Waals surface area contributed by atoms with Gasteiger partial charge in [0.25, 0.3) is 0 Å². The van der Waals surface area contributed by atoms with Crippen LogP contribution in [0.15, 0.2) is 48.5 Å². The van der Waals surface area contributed by atoms with E-state index in [0.29, 0.717) is 17.5 Å². The molecule has 4 unspecified atom stereocenters. The van der Waals surface area contributed by atoms with Gasteiger partial charge in [0.1, 0.15) is 5.75 Å². The Morgan fingerprint density at radius 2 is 1.82 bits per heavy atom. The second kappa shape index (κ2) is 8.38. The zero-order valence-electron chi connectivity index (χ0n) is 20.8. The number of nitrogens with zero attached hydrogens (tertiary/aromatic N) is 2. The third-order valence-electron chi connectivity index (χ3n) is 10.3. The molecule has 1 spiro atoms. The number of ether oxygens (including phenoxy) is 1. The average molecular weight is 457 g/mol. The summed E-state index contributed by atoms with van der Waals surface area (Å²) in [5.74, 6) is 3.67. The molecule has 0 radical (unpaired) electrons. The van der Waals surface area contributed by atoms with Crippen molar-refractivity contribution in [3.63, 3.8) is 0 Å². The van der Waals surface area contributed by atoms with Crippen LogP contribution in [0.2, 0.25) is 0 Å². The molecule has 0 amide bonds. The summed E-state index contributed by atoms with van der Waals surface area (Å²) in [5.41, 5.74) is 5.11. The molecule has 0 N–H and O–H groups in total. The van der Waals surface area contributed by atoms with E-state index in [1.807, 2.05) is 7.11 Å². The maximum Gasteiger partial charge on any atom is 0.119 e. The lowest BCUT2D eigenvalue weighted by atomic mass is 9.64. The summed E-state index contributed by atoms with van der Waals surface area (Å²) in [6.45, 7) is 5.06. The van der Waals surface area contributed by atoms with Gasteiger partial charge in [-0.15, -0.1) is 0 Å². The van der Waals surface area contributed by atoms with E-state index >= 15 is 0 Å². The first-order valence-corrected chi connectivity index (χ1v) is 13.9. The second-order valence-electron chi connectivity index (χ2n) is 12.1. The van der Waals surface area contributed by atoms with Crippen LogP contribution in [-0.4, -0.2) is 48.6 Å². The van der Waals surface area contributed by atoms with E-state index in [0.717, 1.165) is 30.0 Å². The average Bonchev–Trinajstić information content (AvgIpc) is 3.48. The van der Waals surface area contributed by atoms with Gasteiger partial charge in [-0.2, -0.15) is 0 Å². The summed E-state index contributed by atoms with van der Waals surface area (Å²) in [7, 11) is 1.84. The molecular formula is C31H40N2O. The van der Waals surface area contributed by atoms with Crippen LogP contribution in [-0.2, 0) is 18.4 Å². The molecule has 3 aliphatic heterocycles. The fourth-order valence-electron chi connectivity index (χ4n) is 8.65. The number of rotatable bonds is 5. The minimum atomic E-state index is 0.321. The van der Waals surface area contributed by atoms with Gasteiger partial charge in [-0.05, 0) is 104 Å². The van der Waals surface area contributed by atoms with E-state index in [2.05, 4.69) is 58.3 Å². The van der Waals surface area contributed by atoms with Gasteiger partial charge in [-0.3, -0.25) is 9.80 Å². The summed E-state index contributed by atoms with van der Waals surface area (Å²) >= 11 is 0. The van der Waals surface area contributed by atoms with Crippen molar-refractivity contribution in [3.05, 3.63) is 65.2 Å². The highest BCUT2D eigenvalue weighted by Gasteiger charge is 2.59. The summed E-state index contributed by atoms with van der Waals surface area (Å²) in [4.78, 5) is 5.85. The monoisotopic (exact) mass is 456 g/mol. The zero-order chi connectivity index (χ0) is 22.7. The zero-order valence-corrected chi connectivity index (χ0v) is 20.8. The molecule has 2 bridgehead atoms. The minimum absolute atomic E-state index is 0.321. The summed E-state index contributed by atoms with van der Waals surface area (Å²) in [5, 5.41) is 0. The predicted octanol–water partition coefficient (Wildman–Crippen LogP) is 5.66. The molecule has 34 heavy (non-hydrogen) atoms. The van der Waals surface area contributed by atoms with Crippen molar-refractivity contribution in [2.75, 3.05) is 26.7 Å². The Kier molecular flexibility index (Phi) is 5.28. The number of hydrogen-bond acceptors (Lipinski definition) is 3. The van der Waals surface area contributed by atoms with Gasteiger partial charge in [0, 0.05) is 37.1 Å². The normalized spacial score (nSPS) is 35.2. The molecule has 2 saturated heterocycles.